The van der Waals surface area contributed by atoms with E-state index >= 15 is 0 Å². The molecule has 16 heavy (non-hydrogen) atoms. The van der Waals surface area contributed by atoms with Gasteiger partial charge in [-0.25, -0.2) is 8.42 Å². The highest BCUT2D eigenvalue weighted by atomic mass is 32.2. The lowest BCUT2D eigenvalue weighted by atomic mass is 10.2. The molecular weight excluding hydrogens is 228 g/mol. The maximum absolute atomic E-state index is 11.4. The van der Waals surface area contributed by atoms with Crippen LogP contribution in [0.25, 0.3) is 0 Å². The van der Waals surface area contributed by atoms with Crippen molar-refractivity contribution in [2.45, 2.75) is 38.4 Å². The molecule has 0 fully saturated rings. The van der Waals surface area contributed by atoms with Crippen LogP contribution in [0.2, 0.25) is 0 Å². The standard InChI is InChI=1S/C10H22N2O3S/c1-9(2)16(14,15)8-7-12-6-4-3-5-10(11)13/h9,12H,3-8H2,1-2H3,(H2,11,13). The lowest BCUT2D eigenvalue weighted by molar-refractivity contribution is -0.118. The molecule has 0 saturated carbocycles. The number of rotatable bonds is 9. The molecule has 0 rings (SSSR count). The molecule has 0 aliphatic rings. The average molecular weight is 250 g/mol. The predicted octanol–water partition coefficient (Wildman–Crippen LogP) is 0.0548. The van der Waals surface area contributed by atoms with Gasteiger partial charge < -0.3 is 11.1 Å². The number of carbonyl (C=O) groups is 1. The first-order chi connectivity index (χ1) is 7.36. The van der Waals surface area contributed by atoms with Crippen LogP contribution in [0.15, 0.2) is 0 Å². The summed E-state index contributed by atoms with van der Waals surface area (Å²) in [5.41, 5.74) is 4.99. The summed E-state index contributed by atoms with van der Waals surface area (Å²) in [5, 5.41) is 2.72. The van der Waals surface area contributed by atoms with E-state index in [-0.39, 0.29) is 16.9 Å². The molecule has 0 aromatic heterocycles. The molecule has 0 atom stereocenters. The Morgan fingerprint density at radius 3 is 2.38 bits per heavy atom. The molecule has 3 N–H and O–H groups in total. The molecule has 0 radical (unpaired) electrons. The van der Waals surface area contributed by atoms with Crippen molar-refractivity contribution in [1.29, 1.82) is 0 Å². The Labute approximate surface area is 97.7 Å². The van der Waals surface area contributed by atoms with E-state index in [0.717, 1.165) is 19.4 Å². The smallest absolute Gasteiger partial charge is 0.217 e. The fourth-order valence-electron chi connectivity index (χ4n) is 1.12. The van der Waals surface area contributed by atoms with Gasteiger partial charge in [0, 0.05) is 13.0 Å². The van der Waals surface area contributed by atoms with E-state index in [0.29, 0.717) is 13.0 Å². The van der Waals surface area contributed by atoms with E-state index in [2.05, 4.69) is 5.32 Å². The molecule has 0 aliphatic carbocycles. The number of hydrogen-bond donors (Lipinski definition) is 2. The predicted molar refractivity (Wildman–Crippen MR) is 64.8 cm³/mol. The van der Waals surface area contributed by atoms with E-state index in [4.69, 9.17) is 5.73 Å². The fraction of sp³-hybridized carbons (Fsp3) is 0.900. The number of carbonyl (C=O) groups excluding carboxylic acids is 1. The first-order valence-electron chi connectivity index (χ1n) is 5.57. The van der Waals surface area contributed by atoms with Crippen molar-refractivity contribution in [2.75, 3.05) is 18.8 Å². The van der Waals surface area contributed by atoms with Crippen LogP contribution in [-0.2, 0) is 14.6 Å². The van der Waals surface area contributed by atoms with Crippen molar-refractivity contribution in [3.63, 3.8) is 0 Å². The van der Waals surface area contributed by atoms with Crippen LogP contribution in [0, 0.1) is 0 Å². The van der Waals surface area contributed by atoms with E-state index in [1.165, 1.54) is 0 Å². The Morgan fingerprint density at radius 1 is 1.25 bits per heavy atom. The third-order valence-electron chi connectivity index (χ3n) is 2.31. The molecule has 6 heteroatoms. The zero-order chi connectivity index (χ0) is 12.6. The molecule has 0 heterocycles. The Bertz CT molecular complexity index is 299. The summed E-state index contributed by atoms with van der Waals surface area (Å²) in [7, 11) is -2.94. The molecule has 0 unspecified atom stereocenters. The first kappa shape index (κ1) is 15.4. The number of unbranched alkanes of at least 4 members (excludes halogenated alkanes) is 1. The van der Waals surface area contributed by atoms with Gasteiger partial charge in [0.05, 0.1) is 11.0 Å². The van der Waals surface area contributed by atoms with Gasteiger partial charge in [-0.2, -0.15) is 0 Å². The van der Waals surface area contributed by atoms with Crippen LogP contribution in [0.1, 0.15) is 33.1 Å². The first-order valence-corrected chi connectivity index (χ1v) is 7.28. The third-order valence-corrected chi connectivity index (χ3v) is 4.52. The molecule has 0 saturated heterocycles. The van der Waals surface area contributed by atoms with E-state index in [9.17, 15) is 13.2 Å². The topological polar surface area (TPSA) is 89.3 Å². The van der Waals surface area contributed by atoms with Gasteiger partial charge >= 0.3 is 0 Å². The summed E-state index contributed by atoms with van der Waals surface area (Å²) < 4.78 is 22.8. The fourth-order valence-corrected chi connectivity index (χ4v) is 2.02. The second-order valence-corrected chi connectivity index (χ2v) is 6.77. The Balaban J connectivity index is 3.44. The summed E-state index contributed by atoms with van der Waals surface area (Å²) in [6.45, 7) is 4.56. The Morgan fingerprint density at radius 2 is 1.88 bits per heavy atom. The van der Waals surface area contributed by atoms with Gasteiger partial charge in [-0.15, -0.1) is 0 Å². The number of amides is 1. The molecular formula is C10H22N2O3S. The molecule has 0 aliphatic heterocycles. The zero-order valence-corrected chi connectivity index (χ0v) is 10.8. The zero-order valence-electron chi connectivity index (χ0n) is 10.0. The van der Waals surface area contributed by atoms with Crippen LogP contribution < -0.4 is 11.1 Å². The average Bonchev–Trinajstić information content (AvgIpc) is 2.15. The summed E-state index contributed by atoms with van der Waals surface area (Å²) in [6, 6.07) is 0. The SMILES string of the molecule is CC(C)S(=O)(=O)CCNCCCCC(N)=O. The number of nitrogens with two attached hydrogens (primary N) is 1. The largest absolute Gasteiger partial charge is 0.370 e. The van der Waals surface area contributed by atoms with Crippen LogP contribution >= 0.6 is 0 Å². The molecule has 0 bridgehead atoms. The summed E-state index contributed by atoms with van der Waals surface area (Å²) in [5.74, 6) is -0.122. The molecule has 1 amide bonds. The van der Waals surface area contributed by atoms with Crippen LogP contribution in [-0.4, -0.2) is 38.4 Å². The third kappa shape index (κ3) is 7.64. The highest BCUT2D eigenvalue weighted by Crippen LogP contribution is 1.99. The Hall–Kier alpha value is -0.620. The number of sulfone groups is 1. The Kier molecular flexibility index (Phi) is 7.33. The van der Waals surface area contributed by atoms with Crippen LogP contribution in [0.3, 0.4) is 0 Å². The molecule has 5 nitrogen and oxygen atoms in total. The van der Waals surface area contributed by atoms with E-state index in [1.807, 2.05) is 0 Å². The minimum Gasteiger partial charge on any atom is -0.370 e. The van der Waals surface area contributed by atoms with Gasteiger partial charge in [0.15, 0.2) is 9.84 Å². The van der Waals surface area contributed by atoms with Crippen molar-refractivity contribution in [3.8, 4) is 0 Å². The van der Waals surface area contributed by atoms with Gasteiger partial charge in [-0.05, 0) is 33.2 Å². The second kappa shape index (κ2) is 7.62. The van der Waals surface area contributed by atoms with Crippen LogP contribution in [0.4, 0.5) is 0 Å². The molecule has 96 valence electrons. The van der Waals surface area contributed by atoms with Gasteiger partial charge in [-0.3, -0.25) is 4.79 Å². The van der Waals surface area contributed by atoms with E-state index in [1.54, 1.807) is 13.8 Å². The van der Waals surface area contributed by atoms with Gasteiger partial charge in [0.1, 0.15) is 0 Å². The molecule has 0 aromatic rings. The van der Waals surface area contributed by atoms with E-state index < -0.39 is 9.84 Å². The normalized spacial score (nSPS) is 11.9. The summed E-state index contributed by atoms with van der Waals surface area (Å²) >= 11 is 0. The van der Waals surface area contributed by atoms with Crippen molar-refractivity contribution in [3.05, 3.63) is 0 Å². The highest BCUT2D eigenvalue weighted by Gasteiger charge is 2.14. The maximum atomic E-state index is 11.4. The molecule has 0 spiro atoms. The number of primary amides is 1. The van der Waals surface area contributed by atoms with Gasteiger partial charge in [0.25, 0.3) is 0 Å². The van der Waals surface area contributed by atoms with Crippen LogP contribution in [0.5, 0.6) is 0 Å². The van der Waals surface area contributed by atoms with Gasteiger partial charge in [0.2, 0.25) is 5.91 Å². The maximum Gasteiger partial charge on any atom is 0.217 e. The second-order valence-electron chi connectivity index (χ2n) is 4.09. The lowest BCUT2D eigenvalue weighted by Crippen LogP contribution is -2.27. The number of nitrogens with one attached hydrogen (secondary N) is 1. The minimum atomic E-state index is -2.94. The number of hydrogen-bond acceptors (Lipinski definition) is 4. The van der Waals surface area contributed by atoms with Crippen molar-refractivity contribution in [1.82, 2.24) is 5.32 Å². The monoisotopic (exact) mass is 250 g/mol. The van der Waals surface area contributed by atoms with Gasteiger partial charge in [-0.1, -0.05) is 0 Å². The minimum absolute atomic E-state index is 0.167. The van der Waals surface area contributed by atoms with Crippen molar-refractivity contribution < 1.29 is 13.2 Å². The quantitative estimate of drug-likeness (QED) is 0.566. The summed E-state index contributed by atoms with van der Waals surface area (Å²) in [4.78, 5) is 10.4. The molecule has 0 aromatic carbocycles. The highest BCUT2D eigenvalue weighted by molar-refractivity contribution is 7.92. The summed E-state index contributed by atoms with van der Waals surface area (Å²) in [6.07, 6.45) is 1.98. The van der Waals surface area contributed by atoms with Crippen molar-refractivity contribution >= 4 is 15.7 Å². The lowest BCUT2D eigenvalue weighted by Gasteiger charge is -2.08. The van der Waals surface area contributed by atoms with Crippen molar-refractivity contribution in [2.24, 2.45) is 5.73 Å².